The van der Waals surface area contributed by atoms with Crippen LogP contribution in [0.2, 0.25) is 0 Å². The molecule has 2 atom stereocenters. The molecule has 1 aromatic carbocycles. The average molecular weight is 240 g/mol. The Morgan fingerprint density at radius 3 is 2.62 bits per heavy atom. The number of nitrogen functional groups attached to an aromatic ring is 1. The lowest BCUT2D eigenvalue weighted by Gasteiger charge is -2.11. The topological polar surface area (TPSA) is 72.2 Å². The van der Waals surface area contributed by atoms with E-state index in [1.165, 1.54) is 7.05 Å². The van der Waals surface area contributed by atoms with Crippen molar-refractivity contribution in [3.63, 3.8) is 0 Å². The minimum Gasteiger partial charge on any atom is -0.399 e. The Bertz CT molecular complexity index is 432. The molecule has 0 saturated carbocycles. The van der Waals surface area contributed by atoms with Gasteiger partial charge in [0.25, 0.3) is 0 Å². The number of hydrogen-bond donors (Lipinski definition) is 2. The summed E-state index contributed by atoms with van der Waals surface area (Å²) in [6, 6.07) is 5.15. The van der Waals surface area contributed by atoms with E-state index in [2.05, 4.69) is 5.32 Å². The zero-order valence-corrected chi connectivity index (χ0v) is 10.4. The van der Waals surface area contributed by atoms with Crippen LogP contribution in [-0.4, -0.2) is 22.4 Å². The number of carbonyl (C=O) groups is 1. The molecule has 1 rings (SSSR count). The summed E-state index contributed by atoms with van der Waals surface area (Å²) in [6.07, 6.45) is 0. The van der Waals surface area contributed by atoms with Crippen LogP contribution in [0.3, 0.4) is 0 Å². The predicted octanol–water partition coefficient (Wildman–Crippen LogP) is 0.819. The Hall–Kier alpha value is -1.36. The second-order valence-corrected chi connectivity index (χ2v) is 5.35. The van der Waals surface area contributed by atoms with Crippen LogP contribution in [0.1, 0.15) is 12.5 Å². The molecule has 88 valence electrons. The number of amides is 1. The molecule has 0 bridgehead atoms. The zero-order valence-electron chi connectivity index (χ0n) is 9.61. The maximum atomic E-state index is 12.0. The Kier molecular flexibility index (Phi) is 4.06. The number of benzene rings is 1. The average Bonchev–Trinajstić information content (AvgIpc) is 2.29. The molecule has 3 N–H and O–H groups in total. The minimum absolute atomic E-state index is 0.229. The van der Waals surface area contributed by atoms with Gasteiger partial charge < -0.3 is 11.1 Å². The van der Waals surface area contributed by atoms with E-state index in [9.17, 15) is 9.00 Å². The summed E-state index contributed by atoms with van der Waals surface area (Å²) in [5.41, 5.74) is 7.20. The molecular formula is C11H16N2O2S. The second-order valence-electron chi connectivity index (χ2n) is 3.57. The smallest absolute Gasteiger partial charge is 0.235 e. The molecular weight excluding hydrogens is 224 g/mol. The highest BCUT2D eigenvalue weighted by atomic mass is 32.2. The lowest BCUT2D eigenvalue weighted by Crippen LogP contribution is -2.32. The first-order valence-electron chi connectivity index (χ1n) is 4.95. The van der Waals surface area contributed by atoms with Gasteiger partial charge in [0.05, 0.1) is 10.8 Å². The molecule has 0 fully saturated rings. The van der Waals surface area contributed by atoms with Gasteiger partial charge in [0.1, 0.15) is 5.25 Å². The van der Waals surface area contributed by atoms with Crippen molar-refractivity contribution < 1.29 is 9.00 Å². The largest absolute Gasteiger partial charge is 0.399 e. The summed E-state index contributed by atoms with van der Waals surface area (Å²) < 4.78 is 12.0. The Morgan fingerprint density at radius 2 is 2.12 bits per heavy atom. The number of nitrogens with one attached hydrogen (secondary N) is 1. The molecule has 4 nitrogen and oxygen atoms in total. The molecule has 2 unspecified atom stereocenters. The summed E-state index contributed by atoms with van der Waals surface area (Å²) in [7, 11) is 0.188. The van der Waals surface area contributed by atoms with Crippen molar-refractivity contribution >= 4 is 22.4 Å². The van der Waals surface area contributed by atoms with E-state index in [1.807, 2.05) is 6.92 Å². The van der Waals surface area contributed by atoms with E-state index in [0.29, 0.717) is 10.6 Å². The first-order valence-corrected chi connectivity index (χ1v) is 6.17. The Labute approximate surface area is 97.7 Å². The van der Waals surface area contributed by atoms with Crippen LogP contribution in [0.5, 0.6) is 0 Å². The van der Waals surface area contributed by atoms with E-state index >= 15 is 0 Å². The number of nitrogens with two attached hydrogens (primary N) is 1. The molecule has 0 radical (unpaired) electrons. The van der Waals surface area contributed by atoms with Gasteiger partial charge >= 0.3 is 0 Å². The van der Waals surface area contributed by atoms with Gasteiger partial charge in [-0.05, 0) is 37.6 Å². The van der Waals surface area contributed by atoms with Crippen molar-refractivity contribution in [3.8, 4) is 0 Å². The number of carbonyl (C=O) groups excluding carboxylic acids is 1. The lowest BCUT2D eigenvalue weighted by atomic mass is 10.2. The van der Waals surface area contributed by atoms with Crippen LogP contribution < -0.4 is 11.1 Å². The van der Waals surface area contributed by atoms with Crippen LogP contribution in [0, 0.1) is 6.92 Å². The summed E-state index contributed by atoms with van der Waals surface area (Å²) in [5, 5.41) is 1.92. The van der Waals surface area contributed by atoms with E-state index in [-0.39, 0.29) is 5.91 Å². The van der Waals surface area contributed by atoms with Gasteiger partial charge in [0.2, 0.25) is 5.91 Å². The van der Waals surface area contributed by atoms with Crippen LogP contribution in [0.25, 0.3) is 0 Å². The van der Waals surface area contributed by atoms with Gasteiger partial charge in [-0.2, -0.15) is 0 Å². The monoisotopic (exact) mass is 240 g/mol. The van der Waals surface area contributed by atoms with Crippen molar-refractivity contribution in [2.45, 2.75) is 24.0 Å². The van der Waals surface area contributed by atoms with Gasteiger partial charge in [0.15, 0.2) is 0 Å². The standard InChI is InChI=1S/C11H16N2O2S/c1-7-6-9(4-5-10(7)12)16(15)8(2)11(14)13-3/h4-6,8H,12H2,1-3H3,(H,13,14). The zero-order chi connectivity index (χ0) is 12.3. The fourth-order valence-corrected chi connectivity index (χ4v) is 2.49. The molecule has 0 aliphatic carbocycles. The third kappa shape index (κ3) is 2.61. The molecule has 5 heteroatoms. The van der Waals surface area contributed by atoms with Gasteiger partial charge in [0, 0.05) is 17.6 Å². The number of rotatable bonds is 3. The molecule has 16 heavy (non-hydrogen) atoms. The first-order chi connectivity index (χ1) is 7.47. The van der Waals surface area contributed by atoms with Crippen LogP contribution in [-0.2, 0) is 15.6 Å². The first kappa shape index (κ1) is 12.7. The highest BCUT2D eigenvalue weighted by molar-refractivity contribution is 7.86. The molecule has 0 aromatic heterocycles. The van der Waals surface area contributed by atoms with Gasteiger partial charge in [-0.25, -0.2) is 0 Å². The van der Waals surface area contributed by atoms with Gasteiger partial charge in [-0.15, -0.1) is 0 Å². The Morgan fingerprint density at radius 1 is 1.50 bits per heavy atom. The molecule has 0 saturated heterocycles. The van der Waals surface area contributed by atoms with Crippen molar-refractivity contribution in [2.24, 2.45) is 0 Å². The van der Waals surface area contributed by atoms with E-state index in [4.69, 9.17) is 5.73 Å². The third-order valence-corrected chi connectivity index (χ3v) is 3.99. The van der Waals surface area contributed by atoms with Crippen molar-refractivity contribution in [1.29, 1.82) is 0 Å². The summed E-state index contributed by atoms with van der Waals surface area (Å²) in [4.78, 5) is 12.0. The van der Waals surface area contributed by atoms with Crippen LogP contribution >= 0.6 is 0 Å². The minimum atomic E-state index is -1.34. The molecule has 0 aliphatic rings. The number of hydrogen-bond acceptors (Lipinski definition) is 3. The van der Waals surface area contributed by atoms with Crippen molar-refractivity contribution in [1.82, 2.24) is 5.32 Å². The summed E-state index contributed by atoms with van der Waals surface area (Å²) in [5.74, 6) is -0.229. The number of anilines is 1. The highest BCUT2D eigenvalue weighted by Gasteiger charge is 2.20. The Balaban J connectivity index is 2.97. The summed E-state index contributed by atoms with van der Waals surface area (Å²) >= 11 is 0. The highest BCUT2D eigenvalue weighted by Crippen LogP contribution is 2.17. The maximum Gasteiger partial charge on any atom is 0.235 e. The molecule has 1 amide bonds. The quantitative estimate of drug-likeness (QED) is 0.768. The molecule has 0 spiro atoms. The van der Waals surface area contributed by atoms with E-state index in [0.717, 1.165) is 5.56 Å². The number of aryl methyl sites for hydroxylation is 1. The fraction of sp³-hybridized carbons (Fsp3) is 0.364. The fourth-order valence-electron chi connectivity index (χ4n) is 1.28. The van der Waals surface area contributed by atoms with Crippen LogP contribution in [0.4, 0.5) is 5.69 Å². The molecule has 0 aliphatic heterocycles. The molecule has 1 aromatic rings. The third-order valence-electron chi connectivity index (χ3n) is 2.41. The SMILES string of the molecule is CNC(=O)C(C)S(=O)c1ccc(N)c(C)c1. The van der Waals surface area contributed by atoms with Crippen molar-refractivity contribution in [3.05, 3.63) is 23.8 Å². The van der Waals surface area contributed by atoms with Gasteiger partial charge in [-0.1, -0.05) is 0 Å². The van der Waals surface area contributed by atoms with Crippen molar-refractivity contribution in [2.75, 3.05) is 12.8 Å². The molecule has 0 heterocycles. The van der Waals surface area contributed by atoms with E-state index < -0.39 is 16.0 Å². The normalized spacial score (nSPS) is 14.2. The van der Waals surface area contributed by atoms with Crippen LogP contribution in [0.15, 0.2) is 23.1 Å². The lowest BCUT2D eigenvalue weighted by molar-refractivity contribution is -0.119. The maximum absolute atomic E-state index is 12.0. The predicted molar refractivity (Wildman–Crippen MR) is 65.5 cm³/mol. The summed E-state index contributed by atoms with van der Waals surface area (Å²) in [6.45, 7) is 3.49. The second kappa shape index (κ2) is 5.12. The van der Waals surface area contributed by atoms with Gasteiger partial charge in [-0.3, -0.25) is 9.00 Å². The van der Waals surface area contributed by atoms with E-state index in [1.54, 1.807) is 25.1 Å².